The number of sulfone groups is 1. The van der Waals surface area contributed by atoms with Gasteiger partial charge < -0.3 is 4.74 Å². The zero-order valence-electron chi connectivity index (χ0n) is 19.0. The fourth-order valence-corrected chi connectivity index (χ4v) is 6.12. The monoisotopic (exact) mass is 487 g/mol. The summed E-state index contributed by atoms with van der Waals surface area (Å²) in [5, 5.41) is 0.616. The molecule has 33 heavy (non-hydrogen) atoms. The molecule has 9 heteroatoms. The summed E-state index contributed by atoms with van der Waals surface area (Å²) in [6.07, 6.45) is -0.0890. The Hall–Kier alpha value is -2.33. The van der Waals surface area contributed by atoms with Crippen LogP contribution in [0.3, 0.4) is 0 Å². The Morgan fingerprint density at radius 2 is 1.82 bits per heavy atom. The Labute approximate surface area is 198 Å². The third kappa shape index (κ3) is 5.78. The molecule has 0 unspecified atom stereocenters. The van der Waals surface area contributed by atoms with Crippen LogP contribution in [0.2, 0.25) is 0 Å². The number of ether oxygens (including phenoxy) is 1. The van der Waals surface area contributed by atoms with Gasteiger partial charge in [-0.2, -0.15) is 0 Å². The van der Waals surface area contributed by atoms with Gasteiger partial charge in [0.15, 0.2) is 15.0 Å². The van der Waals surface area contributed by atoms with Crippen LogP contribution in [0, 0.1) is 13.8 Å². The second-order valence-electron chi connectivity index (χ2n) is 8.28. The summed E-state index contributed by atoms with van der Waals surface area (Å²) in [5.41, 5.74) is 3.19. The Kier molecular flexibility index (Phi) is 7.43. The molecule has 2 aromatic carbocycles. The van der Waals surface area contributed by atoms with Gasteiger partial charge in [0.25, 0.3) is 0 Å². The van der Waals surface area contributed by atoms with Crippen molar-refractivity contribution in [2.75, 3.05) is 50.0 Å². The quantitative estimate of drug-likeness (QED) is 0.484. The molecule has 4 rings (SSSR count). The van der Waals surface area contributed by atoms with Gasteiger partial charge in [0.1, 0.15) is 0 Å². The molecule has 1 aliphatic rings. The van der Waals surface area contributed by atoms with E-state index in [-0.39, 0.29) is 23.0 Å². The van der Waals surface area contributed by atoms with E-state index in [0.29, 0.717) is 31.4 Å². The lowest BCUT2D eigenvalue weighted by molar-refractivity contribution is -0.118. The smallest absolute Gasteiger partial charge is 0.229 e. The lowest BCUT2D eigenvalue weighted by Gasteiger charge is -2.29. The zero-order chi connectivity index (χ0) is 23.4. The summed E-state index contributed by atoms with van der Waals surface area (Å²) in [6.45, 7) is 8.27. The predicted octanol–water partition coefficient (Wildman–Crippen LogP) is 3.44. The number of morpholine rings is 1. The van der Waals surface area contributed by atoms with E-state index < -0.39 is 9.84 Å². The highest BCUT2D eigenvalue weighted by Crippen LogP contribution is 2.31. The number of thiazole rings is 1. The zero-order valence-corrected chi connectivity index (χ0v) is 20.6. The van der Waals surface area contributed by atoms with Crippen LogP contribution in [-0.4, -0.2) is 69.4 Å². The number of aryl methyl sites for hydroxylation is 2. The second kappa shape index (κ2) is 10.3. The lowest BCUT2D eigenvalue weighted by atomic mass is 10.1. The maximum Gasteiger partial charge on any atom is 0.229 e. The molecule has 0 aliphatic carbocycles. The maximum atomic E-state index is 13.3. The Morgan fingerprint density at radius 1 is 1.12 bits per heavy atom. The highest BCUT2D eigenvalue weighted by atomic mass is 32.2. The number of nitrogens with zero attached hydrogens (tertiary/aromatic N) is 3. The van der Waals surface area contributed by atoms with Crippen LogP contribution in [0.4, 0.5) is 5.13 Å². The molecule has 176 valence electrons. The van der Waals surface area contributed by atoms with Crippen molar-refractivity contribution in [1.82, 2.24) is 9.88 Å². The van der Waals surface area contributed by atoms with Crippen molar-refractivity contribution in [3.8, 4) is 0 Å². The molecular formula is C24H29N3O4S2. The number of amides is 1. The van der Waals surface area contributed by atoms with Crippen molar-refractivity contribution >= 4 is 42.4 Å². The van der Waals surface area contributed by atoms with E-state index in [2.05, 4.69) is 17.9 Å². The molecule has 1 saturated heterocycles. The number of carbonyl (C=O) groups is 1. The summed E-state index contributed by atoms with van der Waals surface area (Å²) < 4.78 is 31.9. The average molecular weight is 488 g/mol. The first-order valence-electron chi connectivity index (χ1n) is 11.1. The van der Waals surface area contributed by atoms with Crippen LogP contribution in [0.25, 0.3) is 10.2 Å². The number of benzene rings is 2. The van der Waals surface area contributed by atoms with Gasteiger partial charge in [0.05, 0.1) is 34.1 Å². The number of rotatable bonds is 8. The van der Waals surface area contributed by atoms with Crippen LogP contribution in [-0.2, 0) is 19.4 Å². The number of aromatic nitrogens is 1. The third-order valence-electron chi connectivity index (χ3n) is 5.96. The molecular weight excluding hydrogens is 458 g/mol. The predicted molar refractivity (Wildman–Crippen MR) is 132 cm³/mol. The van der Waals surface area contributed by atoms with Gasteiger partial charge in [-0.15, -0.1) is 0 Å². The van der Waals surface area contributed by atoms with Gasteiger partial charge in [-0.3, -0.25) is 14.6 Å². The minimum absolute atomic E-state index is 0.0890. The van der Waals surface area contributed by atoms with E-state index >= 15 is 0 Å². The van der Waals surface area contributed by atoms with E-state index in [4.69, 9.17) is 9.72 Å². The number of carbonyl (C=O) groups excluding carboxylic acids is 1. The molecule has 2 heterocycles. The molecule has 7 nitrogen and oxygen atoms in total. The van der Waals surface area contributed by atoms with Crippen LogP contribution in [0.15, 0.2) is 47.4 Å². The molecule has 0 atom stereocenters. The molecule has 0 spiro atoms. The molecule has 1 amide bonds. The Balaban J connectivity index is 1.54. The van der Waals surface area contributed by atoms with Gasteiger partial charge in [-0.25, -0.2) is 13.4 Å². The summed E-state index contributed by atoms with van der Waals surface area (Å²) >= 11 is 1.47. The summed E-state index contributed by atoms with van der Waals surface area (Å²) in [7, 11) is -3.53. The largest absolute Gasteiger partial charge is 0.379 e. The van der Waals surface area contributed by atoms with Crippen molar-refractivity contribution < 1.29 is 17.9 Å². The van der Waals surface area contributed by atoms with Gasteiger partial charge >= 0.3 is 0 Å². The number of fused-ring (bicyclic) bond motifs is 1. The van der Waals surface area contributed by atoms with Crippen LogP contribution >= 0.6 is 11.3 Å². The van der Waals surface area contributed by atoms with Crippen LogP contribution in [0.1, 0.15) is 17.5 Å². The van der Waals surface area contributed by atoms with Crippen molar-refractivity contribution in [2.24, 2.45) is 0 Å². The molecule has 0 N–H and O–H groups in total. The van der Waals surface area contributed by atoms with Crippen LogP contribution in [0.5, 0.6) is 0 Å². The van der Waals surface area contributed by atoms with Crippen molar-refractivity contribution in [1.29, 1.82) is 0 Å². The first kappa shape index (κ1) is 23.8. The highest BCUT2D eigenvalue weighted by Gasteiger charge is 2.24. The molecule has 0 bridgehead atoms. The molecule has 0 saturated carbocycles. The van der Waals surface area contributed by atoms with Gasteiger partial charge in [0.2, 0.25) is 5.91 Å². The summed E-state index contributed by atoms with van der Waals surface area (Å²) in [6, 6.07) is 12.4. The van der Waals surface area contributed by atoms with Gasteiger partial charge in [0, 0.05) is 32.6 Å². The molecule has 1 aromatic heterocycles. The highest BCUT2D eigenvalue weighted by molar-refractivity contribution is 7.91. The number of hydrogen-bond donors (Lipinski definition) is 0. The van der Waals surface area contributed by atoms with Gasteiger partial charge in [-0.1, -0.05) is 29.5 Å². The topological polar surface area (TPSA) is 79.8 Å². The Bertz CT molecular complexity index is 1180. The molecule has 0 radical (unpaired) electrons. The fourth-order valence-electron chi connectivity index (χ4n) is 3.78. The number of anilines is 1. The van der Waals surface area contributed by atoms with Crippen molar-refractivity contribution in [3.05, 3.63) is 53.6 Å². The van der Waals surface area contributed by atoms with Crippen molar-refractivity contribution in [3.63, 3.8) is 0 Å². The lowest BCUT2D eigenvalue weighted by Crippen LogP contribution is -2.43. The molecule has 3 aromatic rings. The van der Waals surface area contributed by atoms with E-state index in [0.717, 1.165) is 28.9 Å². The van der Waals surface area contributed by atoms with Crippen molar-refractivity contribution in [2.45, 2.75) is 25.2 Å². The average Bonchev–Trinajstić information content (AvgIpc) is 3.21. The normalized spacial score (nSPS) is 15.1. The van der Waals surface area contributed by atoms with Crippen LogP contribution < -0.4 is 4.90 Å². The summed E-state index contributed by atoms with van der Waals surface area (Å²) in [4.78, 5) is 22.2. The van der Waals surface area contributed by atoms with E-state index in [1.54, 1.807) is 35.2 Å². The first-order valence-corrected chi connectivity index (χ1v) is 13.6. The van der Waals surface area contributed by atoms with E-state index in [1.807, 2.05) is 13.0 Å². The SMILES string of the molecule is Cc1cc2nc(N(CCN3CCOCC3)C(=O)CCS(=O)(=O)c3ccccc3)sc2cc1C. The molecule has 1 aliphatic heterocycles. The fraction of sp³-hybridized carbons (Fsp3) is 0.417. The molecule has 1 fully saturated rings. The third-order valence-corrected chi connectivity index (χ3v) is 8.73. The minimum atomic E-state index is -3.53. The standard InChI is InChI=1S/C24H29N3O4S2/c1-18-16-21-22(17-19(18)2)32-24(25-21)27(10-9-26-11-13-31-14-12-26)23(28)8-15-33(29,30)20-6-4-3-5-7-20/h3-7,16-17H,8-15H2,1-2H3. The Morgan fingerprint density at radius 3 is 2.55 bits per heavy atom. The minimum Gasteiger partial charge on any atom is -0.379 e. The maximum absolute atomic E-state index is 13.3. The second-order valence-corrected chi connectivity index (χ2v) is 11.4. The van der Waals surface area contributed by atoms with Gasteiger partial charge in [-0.05, 0) is 49.2 Å². The first-order chi connectivity index (χ1) is 15.8. The van der Waals surface area contributed by atoms with E-state index in [9.17, 15) is 13.2 Å². The number of hydrogen-bond acceptors (Lipinski definition) is 7. The summed E-state index contributed by atoms with van der Waals surface area (Å²) in [5.74, 6) is -0.456. The van der Waals surface area contributed by atoms with E-state index in [1.165, 1.54) is 16.9 Å².